The first kappa shape index (κ1) is 15.3. The quantitative estimate of drug-likeness (QED) is 0.906. The lowest BCUT2D eigenvalue weighted by Gasteiger charge is -2.29. The zero-order chi connectivity index (χ0) is 15.2. The number of amides is 1. The lowest BCUT2D eigenvalue weighted by Crippen LogP contribution is -2.40. The van der Waals surface area contributed by atoms with Gasteiger partial charge in [-0.25, -0.2) is 4.98 Å². The second-order valence-electron chi connectivity index (χ2n) is 6.68. The fourth-order valence-electron chi connectivity index (χ4n) is 3.68. The molecule has 0 radical (unpaired) electrons. The predicted octanol–water partition coefficient (Wildman–Crippen LogP) is 3.47. The minimum Gasteiger partial charge on any atom is -0.474 e. The molecule has 0 bridgehead atoms. The van der Waals surface area contributed by atoms with Crippen molar-refractivity contribution in [3.8, 4) is 5.88 Å². The number of carbonyl (C=O) groups excluding carboxylic acids is 1. The van der Waals surface area contributed by atoms with E-state index in [9.17, 15) is 4.79 Å². The molecule has 22 heavy (non-hydrogen) atoms. The number of rotatable bonds is 5. The van der Waals surface area contributed by atoms with E-state index in [0.29, 0.717) is 17.8 Å². The Morgan fingerprint density at radius 3 is 2.59 bits per heavy atom. The van der Waals surface area contributed by atoms with Crippen LogP contribution in [0.2, 0.25) is 0 Å². The van der Waals surface area contributed by atoms with Crippen molar-refractivity contribution >= 4 is 5.91 Å². The monoisotopic (exact) mass is 302 g/mol. The maximum absolute atomic E-state index is 12.1. The first-order chi connectivity index (χ1) is 10.8. The van der Waals surface area contributed by atoms with Crippen LogP contribution in [0.15, 0.2) is 24.4 Å². The van der Waals surface area contributed by atoms with E-state index in [2.05, 4.69) is 10.3 Å². The van der Waals surface area contributed by atoms with Crippen LogP contribution >= 0.6 is 0 Å². The Morgan fingerprint density at radius 1 is 1.14 bits per heavy atom. The van der Waals surface area contributed by atoms with Crippen LogP contribution in [-0.4, -0.2) is 23.0 Å². The molecule has 0 aliphatic heterocycles. The molecule has 3 rings (SSSR count). The molecule has 0 saturated heterocycles. The first-order valence-corrected chi connectivity index (χ1v) is 8.66. The van der Waals surface area contributed by atoms with Crippen LogP contribution in [0.5, 0.6) is 5.88 Å². The summed E-state index contributed by atoms with van der Waals surface area (Å²) >= 11 is 0. The third-order valence-electron chi connectivity index (χ3n) is 4.91. The average molecular weight is 302 g/mol. The molecule has 0 atom stereocenters. The van der Waals surface area contributed by atoms with E-state index in [-0.39, 0.29) is 12.0 Å². The van der Waals surface area contributed by atoms with Crippen LogP contribution in [0, 0.1) is 5.92 Å². The second-order valence-corrected chi connectivity index (χ2v) is 6.68. The van der Waals surface area contributed by atoms with Gasteiger partial charge in [0.2, 0.25) is 11.8 Å². The molecule has 2 aliphatic rings. The highest BCUT2D eigenvalue weighted by atomic mass is 16.5. The standard InChI is InChI=1S/C18H26N2O2/c21-17(13-14-5-1-2-6-14)20-15-8-10-16(11-9-15)22-18-7-3-4-12-19-18/h3-4,7,12,14-16H,1-2,5-6,8-11,13H2,(H,20,21). The molecule has 0 aromatic carbocycles. The van der Waals surface area contributed by atoms with E-state index in [1.165, 1.54) is 25.7 Å². The van der Waals surface area contributed by atoms with Gasteiger partial charge in [0.05, 0.1) is 0 Å². The maximum atomic E-state index is 12.1. The zero-order valence-corrected chi connectivity index (χ0v) is 13.2. The van der Waals surface area contributed by atoms with Crippen molar-refractivity contribution in [2.75, 3.05) is 0 Å². The summed E-state index contributed by atoms with van der Waals surface area (Å²) in [6, 6.07) is 6.06. The third-order valence-corrected chi connectivity index (χ3v) is 4.91. The predicted molar refractivity (Wildman–Crippen MR) is 85.6 cm³/mol. The SMILES string of the molecule is O=C(CC1CCCC1)NC1CCC(Oc2ccccn2)CC1. The molecule has 1 aromatic rings. The average Bonchev–Trinajstić information content (AvgIpc) is 3.03. The number of hydrogen-bond donors (Lipinski definition) is 1. The van der Waals surface area contributed by atoms with Gasteiger partial charge in [0.1, 0.15) is 6.10 Å². The number of pyridine rings is 1. The maximum Gasteiger partial charge on any atom is 0.220 e. The molecule has 0 spiro atoms. The van der Waals surface area contributed by atoms with Gasteiger partial charge < -0.3 is 10.1 Å². The van der Waals surface area contributed by atoms with Gasteiger partial charge in [-0.05, 0) is 50.5 Å². The van der Waals surface area contributed by atoms with Crippen LogP contribution in [-0.2, 0) is 4.79 Å². The molecule has 2 aliphatic carbocycles. The summed E-state index contributed by atoms with van der Waals surface area (Å²) in [5, 5.41) is 3.22. The van der Waals surface area contributed by atoms with E-state index < -0.39 is 0 Å². The Morgan fingerprint density at radius 2 is 1.91 bits per heavy atom. The number of carbonyl (C=O) groups is 1. The van der Waals surface area contributed by atoms with Crippen molar-refractivity contribution in [2.24, 2.45) is 5.92 Å². The highest BCUT2D eigenvalue weighted by molar-refractivity contribution is 5.76. The number of nitrogens with one attached hydrogen (secondary N) is 1. The summed E-state index contributed by atoms with van der Waals surface area (Å²) in [6.45, 7) is 0. The number of hydrogen-bond acceptors (Lipinski definition) is 3. The molecule has 1 aromatic heterocycles. The van der Waals surface area contributed by atoms with Gasteiger partial charge in [0.15, 0.2) is 0 Å². The topological polar surface area (TPSA) is 51.2 Å². The Hall–Kier alpha value is -1.58. The molecule has 1 heterocycles. The molecule has 2 fully saturated rings. The van der Waals surface area contributed by atoms with Crippen molar-refractivity contribution in [1.82, 2.24) is 10.3 Å². The fourth-order valence-corrected chi connectivity index (χ4v) is 3.68. The van der Waals surface area contributed by atoms with Crippen molar-refractivity contribution < 1.29 is 9.53 Å². The third kappa shape index (κ3) is 4.46. The Labute approximate surface area is 132 Å². The van der Waals surface area contributed by atoms with Crippen molar-refractivity contribution in [1.29, 1.82) is 0 Å². The van der Waals surface area contributed by atoms with Gasteiger partial charge >= 0.3 is 0 Å². The zero-order valence-electron chi connectivity index (χ0n) is 13.2. The molecule has 4 nitrogen and oxygen atoms in total. The van der Waals surface area contributed by atoms with Crippen LogP contribution in [0.3, 0.4) is 0 Å². The minimum atomic E-state index is 0.234. The summed E-state index contributed by atoms with van der Waals surface area (Å²) < 4.78 is 5.89. The Balaban J connectivity index is 1.37. The van der Waals surface area contributed by atoms with Gasteiger partial charge in [-0.2, -0.15) is 0 Å². The van der Waals surface area contributed by atoms with Gasteiger partial charge in [0.25, 0.3) is 0 Å². The van der Waals surface area contributed by atoms with Gasteiger partial charge in [-0.1, -0.05) is 18.9 Å². The molecule has 2 saturated carbocycles. The first-order valence-electron chi connectivity index (χ1n) is 8.66. The Bertz CT molecular complexity index is 463. The van der Waals surface area contributed by atoms with E-state index in [4.69, 9.17) is 4.74 Å². The van der Waals surface area contributed by atoms with Crippen molar-refractivity contribution in [3.05, 3.63) is 24.4 Å². The van der Waals surface area contributed by atoms with Crippen LogP contribution in [0.1, 0.15) is 57.8 Å². The van der Waals surface area contributed by atoms with Crippen molar-refractivity contribution in [3.63, 3.8) is 0 Å². The van der Waals surface area contributed by atoms with E-state index in [1.54, 1.807) is 6.20 Å². The molecular formula is C18H26N2O2. The van der Waals surface area contributed by atoms with Gasteiger partial charge in [-0.15, -0.1) is 0 Å². The van der Waals surface area contributed by atoms with Crippen LogP contribution in [0.25, 0.3) is 0 Å². The molecule has 1 amide bonds. The second kappa shape index (κ2) is 7.61. The molecule has 4 heteroatoms. The Kier molecular flexibility index (Phi) is 5.30. The highest BCUT2D eigenvalue weighted by Gasteiger charge is 2.25. The smallest absolute Gasteiger partial charge is 0.220 e. The van der Waals surface area contributed by atoms with Crippen LogP contribution < -0.4 is 10.1 Å². The van der Waals surface area contributed by atoms with E-state index >= 15 is 0 Å². The van der Waals surface area contributed by atoms with Gasteiger partial charge in [-0.3, -0.25) is 4.79 Å². The van der Waals surface area contributed by atoms with Crippen LogP contribution in [0.4, 0.5) is 0 Å². The largest absolute Gasteiger partial charge is 0.474 e. The summed E-state index contributed by atoms with van der Waals surface area (Å²) in [5.41, 5.74) is 0. The normalized spacial score (nSPS) is 25.8. The summed E-state index contributed by atoms with van der Waals surface area (Å²) in [4.78, 5) is 16.3. The lowest BCUT2D eigenvalue weighted by atomic mass is 9.92. The molecule has 0 unspecified atom stereocenters. The van der Waals surface area contributed by atoms with E-state index in [1.807, 2.05) is 18.2 Å². The number of ether oxygens (including phenoxy) is 1. The van der Waals surface area contributed by atoms with Gasteiger partial charge in [0, 0.05) is 24.7 Å². The number of nitrogens with zero attached hydrogens (tertiary/aromatic N) is 1. The van der Waals surface area contributed by atoms with E-state index in [0.717, 1.165) is 32.1 Å². The fraction of sp³-hybridized carbons (Fsp3) is 0.667. The van der Waals surface area contributed by atoms with Crippen molar-refractivity contribution in [2.45, 2.75) is 69.9 Å². The highest BCUT2D eigenvalue weighted by Crippen LogP contribution is 2.28. The summed E-state index contributed by atoms with van der Waals surface area (Å²) in [6.07, 6.45) is 11.8. The molecular weight excluding hydrogens is 276 g/mol. The number of aromatic nitrogens is 1. The summed E-state index contributed by atoms with van der Waals surface area (Å²) in [5.74, 6) is 1.58. The summed E-state index contributed by atoms with van der Waals surface area (Å²) in [7, 11) is 0. The lowest BCUT2D eigenvalue weighted by molar-refractivity contribution is -0.123. The molecule has 120 valence electrons. The minimum absolute atomic E-state index is 0.234. The molecule has 1 N–H and O–H groups in total.